The van der Waals surface area contributed by atoms with E-state index in [0.29, 0.717) is 18.7 Å². The number of morpholine rings is 1. The van der Waals surface area contributed by atoms with Crippen molar-refractivity contribution in [2.24, 2.45) is 0 Å². The molecule has 0 aliphatic carbocycles. The van der Waals surface area contributed by atoms with Crippen LogP contribution in [0.1, 0.15) is 42.1 Å². The molecule has 160 valence electrons. The third-order valence-electron chi connectivity index (χ3n) is 6.75. The molecule has 3 aromatic rings. The van der Waals surface area contributed by atoms with Crippen molar-refractivity contribution in [2.75, 3.05) is 13.2 Å². The van der Waals surface area contributed by atoms with E-state index in [1.807, 2.05) is 18.2 Å². The largest absolute Gasteiger partial charge is 0.489 e. The quantitative estimate of drug-likeness (QED) is 0.488. The number of hydrogen-bond donors (Lipinski definition) is 0. The molecular formula is C28H31NO2. The molecule has 0 aromatic heterocycles. The summed E-state index contributed by atoms with van der Waals surface area (Å²) in [6.07, 6.45) is 5.05. The number of nitrogens with zero attached hydrogens (tertiary/aromatic N) is 1. The molecule has 0 spiro atoms. The lowest BCUT2D eigenvalue weighted by atomic mass is 9.99. The highest BCUT2D eigenvalue weighted by molar-refractivity contribution is 5.30. The maximum atomic E-state index is 6.28. The summed E-state index contributed by atoms with van der Waals surface area (Å²) >= 11 is 0. The lowest BCUT2D eigenvalue weighted by molar-refractivity contribution is -0.0686. The number of ether oxygens (including phenoxy) is 2. The van der Waals surface area contributed by atoms with Gasteiger partial charge in [-0.25, -0.2) is 0 Å². The lowest BCUT2D eigenvalue weighted by Gasteiger charge is -2.39. The van der Waals surface area contributed by atoms with Crippen LogP contribution >= 0.6 is 0 Å². The Hall–Kier alpha value is -2.62. The zero-order chi connectivity index (χ0) is 20.9. The van der Waals surface area contributed by atoms with Crippen LogP contribution in [-0.2, 0) is 17.8 Å². The number of rotatable bonds is 7. The topological polar surface area (TPSA) is 21.7 Å². The molecule has 0 saturated carbocycles. The Morgan fingerprint density at radius 3 is 2.26 bits per heavy atom. The summed E-state index contributed by atoms with van der Waals surface area (Å²) in [5.41, 5.74) is 3.90. The van der Waals surface area contributed by atoms with Crippen LogP contribution in [0.3, 0.4) is 0 Å². The summed E-state index contributed by atoms with van der Waals surface area (Å²) in [6, 6.07) is 30.9. The van der Waals surface area contributed by atoms with Gasteiger partial charge in [0.05, 0.1) is 12.7 Å². The van der Waals surface area contributed by atoms with Gasteiger partial charge in [-0.1, -0.05) is 72.8 Å². The minimum Gasteiger partial charge on any atom is -0.489 e. The number of fused-ring (bicyclic) bond motifs is 1. The van der Waals surface area contributed by atoms with Crippen LogP contribution in [0.15, 0.2) is 84.9 Å². The van der Waals surface area contributed by atoms with E-state index < -0.39 is 0 Å². The van der Waals surface area contributed by atoms with Gasteiger partial charge >= 0.3 is 0 Å². The van der Waals surface area contributed by atoms with Crippen LogP contribution in [0.4, 0.5) is 0 Å². The molecule has 3 nitrogen and oxygen atoms in total. The molecule has 0 amide bonds. The van der Waals surface area contributed by atoms with Gasteiger partial charge in [0.15, 0.2) is 0 Å². The monoisotopic (exact) mass is 413 g/mol. The highest BCUT2D eigenvalue weighted by Crippen LogP contribution is 2.39. The van der Waals surface area contributed by atoms with Gasteiger partial charge < -0.3 is 9.47 Å². The number of hydrogen-bond acceptors (Lipinski definition) is 3. The minimum atomic E-state index is 0.165. The van der Waals surface area contributed by atoms with Crippen molar-refractivity contribution in [1.82, 2.24) is 4.90 Å². The molecule has 0 N–H and O–H groups in total. The van der Waals surface area contributed by atoms with E-state index in [2.05, 4.69) is 71.6 Å². The third kappa shape index (κ3) is 4.84. The summed E-state index contributed by atoms with van der Waals surface area (Å²) in [6.45, 7) is 2.47. The second kappa shape index (κ2) is 9.67. The van der Waals surface area contributed by atoms with Crippen molar-refractivity contribution in [1.29, 1.82) is 0 Å². The van der Waals surface area contributed by atoms with E-state index in [1.54, 1.807) is 0 Å². The van der Waals surface area contributed by atoms with Gasteiger partial charge in [0, 0.05) is 18.6 Å². The van der Waals surface area contributed by atoms with Crippen LogP contribution in [-0.4, -0.2) is 30.1 Å². The Bertz CT molecular complexity index is 942. The number of benzene rings is 3. The highest BCUT2D eigenvalue weighted by Gasteiger charge is 2.41. The Kier molecular flexibility index (Phi) is 6.33. The van der Waals surface area contributed by atoms with E-state index >= 15 is 0 Å². The molecule has 3 atom stereocenters. The predicted molar refractivity (Wildman–Crippen MR) is 124 cm³/mol. The van der Waals surface area contributed by atoms with E-state index in [4.69, 9.17) is 9.47 Å². The van der Waals surface area contributed by atoms with Crippen molar-refractivity contribution in [3.05, 3.63) is 102 Å². The molecule has 0 radical (unpaired) electrons. The Balaban J connectivity index is 1.19. The summed E-state index contributed by atoms with van der Waals surface area (Å²) in [5.74, 6) is 0.910. The molecule has 5 rings (SSSR count). The van der Waals surface area contributed by atoms with Gasteiger partial charge in [0.25, 0.3) is 0 Å². The lowest BCUT2D eigenvalue weighted by Crippen LogP contribution is -2.46. The average molecular weight is 414 g/mol. The summed E-state index contributed by atoms with van der Waals surface area (Å²) in [4.78, 5) is 2.72. The molecule has 3 heteroatoms. The fraction of sp³-hybridized carbons (Fsp3) is 0.357. The standard InChI is InChI=1S/C28H31NO2/c1-3-7-22(8-4-1)11-14-25-15-18-27-28(30-20-19-29(25)27)24-12-16-26(17-13-24)31-21-23-9-5-2-6-10-23/h1-10,12-13,16-17,25,27-28H,11,14-15,18-21H2/t25?,27-,28?/m1/s1. The van der Waals surface area contributed by atoms with E-state index in [0.717, 1.165) is 25.3 Å². The molecule has 31 heavy (non-hydrogen) atoms. The Morgan fingerprint density at radius 1 is 0.806 bits per heavy atom. The SMILES string of the molecule is c1ccc(CCC2CC[C@@H]3C(c4ccc(OCc5ccccc5)cc4)OCCN23)cc1. The average Bonchev–Trinajstić information content (AvgIpc) is 3.26. The van der Waals surface area contributed by atoms with Crippen molar-refractivity contribution >= 4 is 0 Å². The first-order valence-electron chi connectivity index (χ1n) is 11.5. The zero-order valence-corrected chi connectivity index (χ0v) is 18.0. The predicted octanol–water partition coefficient (Wildman–Crippen LogP) is 5.80. The Labute approximate surface area is 185 Å². The van der Waals surface area contributed by atoms with Crippen molar-refractivity contribution < 1.29 is 9.47 Å². The van der Waals surface area contributed by atoms with Crippen LogP contribution < -0.4 is 4.74 Å². The van der Waals surface area contributed by atoms with Gasteiger partial charge in [-0.05, 0) is 54.5 Å². The first kappa shape index (κ1) is 20.3. The van der Waals surface area contributed by atoms with Crippen LogP contribution in [0.5, 0.6) is 5.75 Å². The molecule has 2 aliphatic heterocycles. The molecule has 3 aromatic carbocycles. The Morgan fingerprint density at radius 2 is 1.52 bits per heavy atom. The molecule has 2 aliphatic rings. The smallest absolute Gasteiger partial charge is 0.119 e. The molecule has 2 saturated heterocycles. The second-order valence-corrected chi connectivity index (χ2v) is 8.70. The van der Waals surface area contributed by atoms with Gasteiger partial charge in [-0.15, -0.1) is 0 Å². The van der Waals surface area contributed by atoms with Crippen LogP contribution in [0, 0.1) is 0 Å². The minimum absolute atomic E-state index is 0.165. The fourth-order valence-corrected chi connectivity index (χ4v) is 5.14. The normalized spacial score (nSPS) is 23.4. The highest BCUT2D eigenvalue weighted by atomic mass is 16.5. The first-order chi connectivity index (χ1) is 15.4. The first-order valence-corrected chi connectivity index (χ1v) is 11.5. The summed E-state index contributed by atoms with van der Waals surface area (Å²) in [5, 5.41) is 0. The van der Waals surface area contributed by atoms with E-state index in [9.17, 15) is 0 Å². The molecule has 2 unspecified atom stereocenters. The van der Waals surface area contributed by atoms with E-state index in [1.165, 1.54) is 36.0 Å². The second-order valence-electron chi connectivity index (χ2n) is 8.70. The van der Waals surface area contributed by atoms with Gasteiger partial charge in [0.2, 0.25) is 0 Å². The molecule has 0 bridgehead atoms. The van der Waals surface area contributed by atoms with Crippen molar-refractivity contribution in [2.45, 2.75) is 50.5 Å². The maximum absolute atomic E-state index is 6.28. The zero-order valence-electron chi connectivity index (χ0n) is 18.0. The molecule has 2 fully saturated rings. The molecule has 2 heterocycles. The maximum Gasteiger partial charge on any atom is 0.119 e. The summed E-state index contributed by atoms with van der Waals surface area (Å²) < 4.78 is 12.2. The number of aryl methyl sites for hydroxylation is 1. The van der Waals surface area contributed by atoms with Crippen LogP contribution in [0.2, 0.25) is 0 Å². The van der Waals surface area contributed by atoms with E-state index in [-0.39, 0.29) is 6.10 Å². The fourth-order valence-electron chi connectivity index (χ4n) is 5.14. The van der Waals surface area contributed by atoms with Gasteiger partial charge in [0.1, 0.15) is 12.4 Å². The van der Waals surface area contributed by atoms with Gasteiger partial charge in [-0.2, -0.15) is 0 Å². The summed E-state index contributed by atoms with van der Waals surface area (Å²) in [7, 11) is 0. The van der Waals surface area contributed by atoms with Gasteiger partial charge in [-0.3, -0.25) is 4.90 Å². The van der Waals surface area contributed by atoms with Crippen molar-refractivity contribution in [3.8, 4) is 5.75 Å². The van der Waals surface area contributed by atoms with Crippen molar-refractivity contribution in [3.63, 3.8) is 0 Å². The third-order valence-corrected chi connectivity index (χ3v) is 6.75. The molecular weight excluding hydrogens is 382 g/mol. The van der Waals surface area contributed by atoms with Crippen LogP contribution in [0.25, 0.3) is 0 Å².